The maximum atomic E-state index is 12.1. The number of likely N-dealkylation sites (N-methyl/N-ethyl adjacent to an activating group) is 1. The lowest BCUT2D eigenvalue weighted by atomic mass is 10.0. The molecule has 8 heteroatoms. The van der Waals surface area contributed by atoms with Crippen molar-refractivity contribution in [1.29, 1.82) is 0 Å². The zero-order valence-electron chi connectivity index (χ0n) is 17.4. The monoisotopic (exact) mass is 415 g/mol. The van der Waals surface area contributed by atoms with Crippen molar-refractivity contribution in [3.05, 3.63) is 47.8 Å². The number of nitrogens with one attached hydrogen (secondary N) is 1. The molecule has 3 aromatic rings. The van der Waals surface area contributed by atoms with Crippen molar-refractivity contribution in [2.45, 2.75) is 25.9 Å². The van der Waals surface area contributed by atoms with Crippen molar-refractivity contribution in [3.8, 4) is 23.1 Å². The van der Waals surface area contributed by atoms with Crippen LogP contribution in [0.3, 0.4) is 0 Å². The molecule has 0 bridgehead atoms. The van der Waals surface area contributed by atoms with E-state index in [9.17, 15) is 14.7 Å². The van der Waals surface area contributed by atoms with E-state index in [1.165, 1.54) is 11.8 Å². The van der Waals surface area contributed by atoms with Gasteiger partial charge in [0.1, 0.15) is 11.3 Å². The van der Waals surface area contributed by atoms with Gasteiger partial charge in [-0.1, -0.05) is 24.0 Å². The van der Waals surface area contributed by atoms with Crippen molar-refractivity contribution in [2.75, 3.05) is 18.9 Å². The molecule has 1 atom stereocenters. The highest BCUT2D eigenvalue weighted by molar-refractivity contribution is 5.97. The summed E-state index contributed by atoms with van der Waals surface area (Å²) in [5, 5.41) is 13.2. The zero-order valence-corrected chi connectivity index (χ0v) is 17.4. The molecule has 31 heavy (non-hydrogen) atoms. The molecule has 2 aromatic heterocycles. The summed E-state index contributed by atoms with van der Waals surface area (Å²) in [5.74, 6) is 5.91. The maximum Gasteiger partial charge on any atom is 0.267 e. The molecule has 1 fully saturated rings. The molecule has 8 nitrogen and oxygen atoms in total. The van der Waals surface area contributed by atoms with Crippen LogP contribution < -0.4 is 5.32 Å². The number of carbonyl (C=O) groups is 2. The highest BCUT2D eigenvalue weighted by Crippen LogP contribution is 2.25. The Balaban J connectivity index is 1.71. The molecular weight excluding hydrogens is 394 g/mol. The Labute approximate surface area is 179 Å². The molecule has 4 rings (SSSR count). The van der Waals surface area contributed by atoms with Crippen molar-refractivity contribution < 1.29 is 14.7 Å². The third-order valence-electron chi connectivity index (χ3n) is 5.03. The van der Waals surface area contributed by atoms with Crippen LogP contribution in [-0.2, 0) is 9.59 Å². The van der Waals surface area contributed by atoms with E-state index < -0.39 is 5.60 Å². The summed E-state index contributed by atoms with van der Waals surface area (Å²) in [6.45, 7) is 3.64. The number of aromatic nitrogens is 3. The Morgan fingerprint density at radius 1 is 1.23 bits per heavy atom. The molecule has 3 heterocycles. The van der Waals surface area contributed by atoms with E-state index in [-0.39, 0.29) is 18.2 Å². The van der Waals surface area contributed by atoms with Gasteiger partial charge in [-0.3, -0.25) is 9.59 Å². The molecule has 2 N–H and O–H groups in total. The molecule has 0 aliphatic carbocycles. The van der Waals surface area contributed by atoms with Gasteiger partial charge in [-0.2, -0.15) is 0 Å². The van der Waals surface area contributed by atoms with E-state index in [0.29, 0.717) is 40.5 Å². The van der Waals surface area contributed by atoms with Crippen LogP contribution in [0.15, 0.2) is 36.4 Å². The number of hydrogen-bond donors (Lipinski definition) is 2. The van der Waals surface area contributed by atoms with Crippen LogP contribution in [0.5, 0.6) is 0 Å². The fourth-order valence-electron chi connectivity index (χ4n) is 3.45. The number of hydrogen-bond acceptors (Lipinski definition) is 6. The van der Waals surface area contributed by atoms with Gasteiger partial charge in [0.2, 0.25) is 11.5 Å². The number of anilines is 1. The quantitative estimate of drug-likeness (QED) is 0.619. The van der Waals surface area contributed by atoms with Crippen LogP contribution in [0.4, 0.5) is 5.82 Å². The Hall–Kier alpha value is -3.83. The first-order chi connectivity index (χ1) is 14.7. The molecule has 1 saturated heterocycles. The summed E-state index contributed by atoms with van der Waals surface area (Å²) < 4.78 is 0. The highest BCUT2D eigenvalue weighted by atomic mass is 16.3. The average molecular weight is 415 g/mol. The van der Waals surface area contributed by atoms with Gasteiger partial charge >= 0.3 is 0 Å². The molecule has 1 aliphatic rings. The van der Waals surface area contributed by atoms with Gasteiger partial charge in [-0.05, 0) is 31.2 Å². The number of aryl methyl sites for hydroxylation is 1. The summed E-state index contributed by atoms with van der Waals surface area (Å²) in [4.78, 5) is 38.5. The van der Waals surface area contributed by atoms with Crippen LogP contribution in [0.1, 0.15) is 24.7 Å². The van der Waals surface area contributed by atoms with Crippen molar-refractivity contribution in [3.63, 3.8) is 0 Å². The summed E-state index contributed by atoms with van der Waals surface area (Å²) >= 11 is 0. The zero-order chi connectivity index (χ0) is 22.2. The number of pyridine rings is 1. The molecule has 1 unspecified atom stereocenters. The molecule has 0 saturated carbocycles. The first-order valence-corrected chi connectivity index (χ1v) is 9.80. The minimum Gasteiger partial charge on any atom is -0.369 e. The first kappa shape index (κ1) is 20.4. The highest BCUT2D eigenvalue weighted by Gasteiger charge is 2.42. The number of rotatable bonds is 2. The van der Waals surface area contributed by atoms with Crippen molar-refractivity contribution in [1.82, 2.24) is 19.9 Å². The number of benzene rings is 1. The van der Waals surface area contributed by atoms with E-state index in [2.05, 4.69) is 32.1 Å². The van der Waals surface area contributed by atoms with Gasteiger partial charge in [0.15, 0.2) is 5.82 Å². The lowest BCUT2D eigenvalue weighted by Crippen LogP contribution is -2.37. The molecule has 0 spiro atoms. The Morgan fingerprint density at radius 3 is 2.74 bits per heavy atom. The number of amides is 2. The predicted octanol–water partition coefficient (Wildman–Crippen LogP) is 1.90. The van der Waals surface area contributed by atoms with E-state index in [1.807, 2.05) is 30.3 Å². The van der Waals surface area contributed by atoms with Gasteiger partial charge in [0.05, 0.1) is 11.2 Å². The van der Waals surface area contributed by atoms with Gasteiger partial charge in [0, 0.05) is 38.1 Å². The minimum atomic E-state index is -1.64. The second kappa shape index (κ2) is 7.78. The van der Waals surface area contributed by atoms with Crippen LogP contribution in [0, 0.1) is 18.8 Å². The smallest absolute Gasteiger partial charge is 0.267 e. The van der Waals surface area contributed by atoms with Gasteiger partial charge in [-0.25, -0.2) is 15.0 Å². The lowest BCUT2D eigenvalue weighted by Gasteiger charge is -2.13. The van der Waals surface area contributed by atoms with Crippen LogP contribution in [0.25, 0.3) is 22.3 Å². The molecule has 1 aromatic carbocycles. The van der Waals surface area contributed by atoms with Gasteiger partial charge in [-0.15, -0.1) is 0 Å². The topological polar surface area (TPSA) is 108 Å². The number of carbonyl (C=O) groups excluding carboxylic acids is 2. The van der Waals surface area contributed by atoms with Crippen LogP contribution in [0.2, 0.25) is 0 Å². The fourth-order valence-corrected chi connectivity index (χ4v) is 3.45. The largest absolute Gasteiger partial charge is 0.369 e. The number of nitrogens with zero attached hydrogens (tertiary/aromatic N) is 4. The molecular formula is C23H21N5O3. The third kappa shape index (κ3) is 4.09. The Kier molecular flexibility index (Phi) is 5.13. The van der Waals surface area contributed by atoms with Gasteiger partial charge < -0.3 is 15.3 Å². The molecule has 156 valence electrons. The van der Waals surface area contributed by atoms with E-state index >= 15 is 0 Å². The van der Waals surface area contributed by atoms with Gasteiger partial charge in [0.25, 0.3) is 5.91 Å². The normalized spacial score (nSPS) is 18.1. The van der Waals surface area contributed by atoms with E-state index in [4.69, 9.17) is 0 Å². The molecule has 1 aliphatic heterocycles. The summed E-state index contributed by atoms with van der Waals surface area (Å²) in [6, 6.07) is 11.0. The van der Waals surface area contributed by atoms with E-state index in [1.54, 1.807) is 20.0 Å². The minimum absolute atomic E-state index is 0.242. The molecule has 2 amide bonds. The first-order valence-electron chi connectivity index (χ1n) is 9.80. The SMILES string of the molecule is CC(=O)Nc1nc(C)nc2ccc(-c3cccc(C#CC4(O)CCN(C)C4=O)c3)nc12. The molecule has 0 radical (unpaired) electrons. The maximum absolute atomic E-state index is 12.1. The standard InChI is InChI=1S/C23H21N5O3/c1-14-24-19-8-7-18(27-20(19)21(25-14)26-15(2)29)17-6-4-5-16(13-17)9-10-23(31)11-12-28(3)22(23)30/h4-8,13,31H,11-12H2,1-3H3,(H,24,25,26,29). The lowest BCUT2D eigenvalue weighted by molar-refractivity contribution is -0.137. The average Bonchev–Trinajstić information content (AvgIpc) is 3.00. The summed E-state index contributed by atoms with van der Waals surface area (Å²) in [6.07, 6.45) is 0.284. The predicted molar refractivity (Wildman–Crippen MR) is 116 cm³/mol. The van der Waals surface area contributed by atoms with Crippen molar-refractivity contribution in [2.24, 2.45) is 0 Å². The van der Waals surface area contributed by atoms with Crippen molar-refractivity contribution >= 4 is 28.7 Å². The Bertz CT molecular complexity index is 1280. The van der Waals surface area contributed by atoms with E-state index in [0.717, 1.165) is 5.56 Å². The summed E-state index contributed by atoms with van der Waals surface area (Å²) in [5.41, 5.74) is 1.58. The number of fused-ring (bicyclic) bond motifs is 1. The fraction of sp³-hybridized carbons (Fsp3) is 0.261. The number of likely N-dealkylation sites (tertiary alicyclic amines) is 1. The van der Waals surface area contributed by atoms with Crippen LogP contribution >= 0.6 is 0 Å². The second-order valence-electron chi connectivity index (χ2n) is 7.53. The van der Waals surface area contributed by atoms with Crippen LogP contribution in [-0.4, -0.2) is 56.0 Å². The second-order valence-corrected chi connectivity index (χ2v) is 7.53. The Morgan fingerprint density at radius 2 is 2.03 bits per heavy atom. The number of aliphatic hydroxyl groups is 1. The summed E-state index contributed by atoms with van der Waals surface area (Å²) in [7, 11) is 1.65. The third-order valence-corrected chi connectivity index (χ3v) is 5.03.